The van der Waals surface area contributed by atoms with E-state index in [1.807, 2.05) is 23.9 Å². The molecule has 0 radical (unpaired) electrons. The Hall–Kier alpha value is -0.850. The standard InChI is InChI=1S/C12H13ClN2S/c13-12-7-11(2-1-9(12)8-14)15-10-3-5-16-6-4-10/h1-2,7,10,15H,3-6H2. The van der Waals surface area contributed by atoms with Gasteiger partial charge in [-0.05, 0) is 42.5 Å². The predicted molar refractivity (Wildman–Crippen MR) is 70.1 cm³/mol. The third-order valence-electron chi connectivity index (χ3n) is 2.68. The Balaban J connectivity index is 2.04. The minimum absolute atomic E-state index is 0.526. The highest BCUT2D eigenvalue weighted by atomic mass is 35.5. The van der Waals surface area contributed by atoms with Gasteiger partial charge in [-0.3, -0.25) is 0 Å². The highest BCUT2D eigenvalue weighted by Gasteiger charge is 2.13. The van der Waals surface area contributed by atoms with Crippen molar-refractivity contribution < 1.29 is 0 Å². The summed E-state index contributed by atoms with van der Waals surface area (Å²) in [4.78, 5) is 0. The van der Waals surface area contributed by atoms with Crippen LogP contribution in [0.25, 0.3) is 0 Å². The fourth-order valence-electron chi connectivity index (χ4n) is 1.77. The summed E-state index contributed by atoms with van der Waals surface area (Å²) in [6, 6.07) is 8.13. The lowest BCUT2D eigenvalue weighted by Crippen LogP contribution is -2.24. The lowest BCUT2D eigenvalue weighted by molar-refractivity contribution is 0.667. The minimum Gasteiger partial charge on any atom is -0.382 e. The molecule has 0 unspecified atom stereocenters. The van der Waals surface area contributed by atoms with Crippen LogP contribution in [0, 0.1) is 11.3 Å². The molecule has 1 fully saturated rings. The fourth-order valence-corrected chi connectivity index (χ4v) is 3.10. The molecular weight excluding hydrogens is 240 g/mol. The predicted octanol–water partition coefficient (Wildman–Crippen LogP) is 3.52. The molecule has 0 spiro atoms. The van der Waals surface area contributed by atoms with Crippen LogP contribution < -0.4 is 5.32 Å². The summed E-state index contributed by atoms with van der Waals surface area (Å²) in [5, 5.41) is 12.8. The summed E-state index contributed by atoms with van der Waals surface area (Å²) in [5.74, 6) is 2.45. The van der Waals surface area contributed by atoms with Crippen molar-refractivity contribution >= 4 is 29.1 Å². The zero-order valence-electron chi connectivity index (χ0n) is 8.87. The van der Waals surface area contributed by atoms with Crippen molar-refractivity contribution in [2.24, 2.45) is 0 Å². The van der Waals surface area contributed by atoms with Crippen LogP contribution in [0.1, 0.15) is 18.4 Å². The SMILES string of the molecule is N#Cc1ccc(NC2CCSCC2)cc1Cl. The van der Waals surface area contributed by atoms with Gasteiger partial charge in [0.2, 0.25) is 0 Å². The molecule has 2 nitrogen and oxygen atoms in total. The van der Waals surface area contributed by atoms with Gasteiger partial charge < -0.3 is 5.32 Å². The first-order chi connectivity index (χ1) is 7.79. The summed E-state index contributed by atoms with van der Waals surface area (Å²) in [6.45, 7) is 0. The molecule has 1 aliphatic rings. The molecular formula is C12H13ClN2S. The Kier molecular flexibility index (Phi) is 3.98. The van der Waals surface area contributed by atoms with Crippen LogP contribution in [-0.2, 0) is 0 Å². The number of rotatable bonds is 2. The van der Waals surface area contributed by atoms with E-state index in [9.17, 15) is 0 Å². The van der Waals surface area contributed by atoms with E-state index in [0.29, 0.717) is 16.6 Å². The lowest BCUT2D eigenvalue weighted by atomic mass is 10.1. The van der Waals surface area contributed by atoms with Gasteiger partial charge in [0.1, 0.15) is 6.07 Å². The number of nitrogens with one attached hydrogen (secondary N) is 1. The van der Waals surface area contributed by atoms with Crippen LogP contribution in [0.2, 0.25) is 5.02 Å². The molecule has 4 heteroatoms. The third kappa shape index (κ3) is 2.84. The van der Waals surface area contributed by atoms with Crippen LogP contribution in [0.5, 0.6) is 0 Å². The molecule has 0 aromatic heterocycles. The largest absolute Gasteiger partial charge is 0.382 e. The first kappa shape index (κ1) is 11.6. The molecule has 1 aromatic rings. The maximum absolute atomic E-state index is 8.77. The van der Waals surface area contributed by atoms with Crippen molar-refractivity contribution in [3.8, 4) is 6.07 Å². The maximum atomic E-state index is 8.77. The van der Waals surface area contributed by atoms with E-state index in [2.05, 4.69) is 11.4 Å². The van der Waals surface area contributed by atoms with Gasteiger partial charge in [-0.2, -0.15) is 17.0 Å². The average molecular weight is 253 g/mol. The van der Waals surface area contributed by atoms with E-state index in [4.69, 9.17) is 16.9 Å². The first-order valence-electron chi connectivity index (χ1n) is 5.33. The van der Waals surface area contributed by atoms with Gasteiger partial charge >= 0.3 is 0 Å². The molecule has 0 atom stereocenters. The van der Waals surface area contributed by atoms with Gasteiger partial charge in [-0.15, -0.1) is 0 Å². The third-order valence-corrected chi connectivity index (χ3v) is 4.04. The maximum Gasteiger partial charge on any atom is 0.101 e. The van der Waals surface area contributed by atoms with Gasteiger partial charge in [-0.25, -0.2) is 0 Å². The van der Waals surface area contributed by atoms with E-state index in [1.165, 1.54) is 24.3 Å². The van der Waals surface area contributed by atoms with Crippen LogP contribution in [-0.4, -0.2) is 17.5 Å². The Labute approximate surface area is 105 Å². The Morgan fingerprint density at radius 3 is 2.75 bits per heavy atom. The van der Waals surface area contributed by atoms with Crippen molar-refractivity contribution in [3.63, 3.8) is 0 Å². The highest BCUT2D eigenvalue weighted by Crippen LogP contribution is 2.24. The number of hydrogen-bond acceptors (Lipinski definition) is 3. The van der Waals surface area contributed by atoms with Crippen LogP contribution in [0.15, 0.2) is 18.2 Å². The molecule has 1 heterocycles. The summed E-state index contributed by atoms with van der Waals surface area (Å²) in [6.07, 6.45) is 2.39. The molecule has 16 heavy (non-hydrogen) atoms. The highest BCUT2D eigenvalue weighted by molar-refractivity contribution is 7.99. The lowest BCUT2D eigenvalue weighted by Gasteiger charge is -2.23. The zero-order valence-corrected chi connectivity index (χ0v) is 10.4. The molecule has 84 valence electrons. The molecule has 1 aromatic carbocycles. The van der Waals surface area contributed by atoms with E-state index in [0.717, 1.165) is 5.69 Å². The van der Waals surface area contributed by atoms with Crippen molar-refractivity contribution in [3.05, 3.63) is 28.8 Å². The fraction of sp³-hybridized carbons (Fsp3) is 0.417. The number of benzene rings is 1. The average Bonchev–Trinajstić information content (AvgIpc) is 2.31. The zero-order chi connectivity index (χ0) is 11.4. The van der Waals surface area contributed by atoms with Crippen molar-refractivity contribution in [2.45, 2.75) is 18.9 Å². The molecule has 1 N–H and O–H groups in total. The van der Waals surface area contributed by atoms with Crippen LogP contribution in [0.4, 0.5) is 5.69 Å². The number of nitrogens with zero attached hydrogens (tertiary/aromatic N) is 1. The normalized spacial score (nSPS) is 16.8. The monoisotopic (exact) mass is 252 g/mol. The summed E-state index contributed by atoms with van der Waals surface area (Å²) < 4.78 is 0. The van der Waals surface area contributed by atoms with E-state index >= 15 is 0 Å². The van der Waals surface area contributed by atoms with E-state index < -0.39 is 0 Å². The second-order valence-electron chi connectivity index (χ2n) is 3.84. The Morgan fingerprint density at radius 2 is 2.12 bits per heavy atom. The molecule has 0 aliphatic carbocycles. The Bertz CT molecular complexity index is 408. The Morgan fingerprint density at radius 1 is 1.38 bits per heavy atom. The van der Waals surface area contributed by atoms with Gasteiger partial charge in [0, 0.05) is 11.7 Å². The topological polar surface area (TPSA) is 35.8 Å². The summed E-state index contributed by atoms with van der Waals surface area (Å²) >= 11 is 7.99. The van der Waals surface area contributed by atoms with Crippen molar-refractivity contribution in [2.75, 3.05) is 16.8 Å². The molecule has 0 saturated carbocycles. The summed E-state index contributed by atoms with van der Waals surface area (Å²) in [7, 11) is 0. The molecule has 2 rings (SSSR count). The summed E-state index contributed by atoms with van der Waals surface area (Å²) in [5.41, 5.74) is 1.55. The molecule has 1 aliphatic heterocycles. The first-order valence-corrected chi connectivity index (χ1v) is 6.87. The van der Waals surface area contributed by atoms with Crippen molar-refractivity contribution in [1.29, 1.82) is 5.26 Å². The van der Waals surface area contributed by atoms with Crippen LogP contribution >= 0.6 is 23.4 Å². The van der Waals surface area contributed by atoms with Gasteiger partial charge in [-0.1, -0.05) is 11.6 Å². The second-order valence-corrected chi connectivity index (χ2v) is 5.47. The molecule has 1 saturated heterocycles. The molecule has 0 bridgehead atoms. The number of nitriles is 1. The minimum atomic E-state index is 0.526. The van der Waals surface area contributed by atoms with Gasteiger partial charge in [0.15, 0.2) is 0 Å². The second kappa shape index (κ2) is 5.47. The van der Waals surface area contributed by atoms with E-state index in [-0.39, 0.29) is 0 Å². The van der Waals surface area contributed by atoms with E-state index in [1.54, 1.807) is 6.07 Å². The number of anilines is 1. The molecule has 0 amide bonds. The smallest absolute Gasteiger partial charge is 0.101 e. The van der Waals surface area contributed by atoms with Gasteiger partial charge in [0.05, 0.1) is 10.6 Å². The number of halogens is 1. The van der Waals surface area contributed by atoms with Crippen LogP contribution in [0.3, 0.4) is 0 Å². The number of thioether (sulfide) groups is 1. The van der Waals surface area contributed by atoms with Gasteiger partial charge in [0.25, 0.3) is 0 Å². The van der Waals surface area contributed by atoms with Crippen molar-refractivity contribution in [1.82, 2.24) is 0 Å². The quantitative estimate of drug-likeness (QED) is 0.875. The number of hydrogen-bond donors (Lipinski definition) is 1.